The predicted octanol–water partition coefficient (Wildman–Crippen LogP) is 9.89. The smallest absolute Gasteiger partial charge is 0.261 e. The molecule has 0 spiro atoms. The van der Waals surface area contributed by atoms with Crippen molar-refractivity contribution in [2.45, 2.75) is 116 Å². The molecular formula is C42H48F4N4+2. The maximum atomic E-state index is 16.2. The first kappa shape index (κ1) is 34.4. The fourth-order valence-electron chi connectivity index (χ4n) is 9.65. The molecule has 8 heteroatoms. The molecule has 2 unspecified atom stereocenters. The number of alkyl halides is 3. The number of unbranched alkanes of at least 4 members (excludes halogenated alkanes) is 1. The van der Waals surface area contributed by atoms with Crippen LogP contribution in [0.1, 0.15) is 108 Å². The Labute approximate surface area is 292 Å². The molecule has 1 aliphatic heterocycles. The maximum absolute atomic E-state index is 16.2. The van der Waals surface area contributed by atoms with Crippen molar-refractivity contribution in [3.63, 3.8) is 0 Å². The first-order chi connectivity index (χ1) is 23.7. The molecule has 2 aliphatic rings. The molecule has 0 radical (unpaired) electrons. The number of benzene rings is 2. The highest BCUT2D eigenvalue weighted by Crippen LogP contribution is 2.58. The van der Waals surface area contributed by atoms with Crippen molar-refractivity contribution < 1.29 is 26.7 Å². The molecule has 7 rings (SSSR count). The first-order valence-electron chi connectivity index (χ1n) is 18.2. The summed E-state index contributed by atoms with van der Waals surface area (Å²) in [5.41, 5.74) is 5.76. The van der Waals surface area contributed by atoms with Gasteiger partial charge in [0, 0.05) is 61.6 Å². The molecule has 262 valence electrons. The largest absolute Gasteiger partial charge is 0.435 e. The van der Waals surface area contributed by atoms with E-state index in [4.69, 9.17) is 0 Å². The number of aromatic nitrogens is 4. The van der Waals surface area contributed by atoms with Crippen molar-refractivity contribution in [1.29, 1.82) is 0 Å². The lowest BCUT2D eigenvalue weighted by Crippen LogP contribution is -2.69. The van der Waals surface area contributed by atoms with Gasteiger partial charge in [-0.1, -0.05) is 59.2 Å². The van der Waals surface area contributed by atoms with Crippen LogP contribution < -0.4 is 9.13 Å². The van der Waals surface area contributed by atoms with Gasteiger partial charge >= 0.3 is 6.18 Å². The van der Waals surface area contributed by atoms with Crippen molar-refractivity contribution in [1.82, 2.24) is 9.78 Å². The van der Waals surface area contributed by atoms with Crippen LogP contribution in [0, 0.1) is 5.82 Å². The molecule has 0 amide bonds. The second-order valence-electron chi connectivity index (χ2n) is 15.2. The number of rotatable bonds is 10. The number of hydrogen-bond acceptors (Lipinski definition) is 1. The zero-order chi connectivity index (χ0) is 35.8. The van der Waals surface area contributed by atoms with Gasteiger partial charge in [-0.15, -0.1) is 0 Å². The minimum atomic E-state index is -4.52. The molecule has 2 aromatic carbocycles. The van der Waals surface area contributed by atoms with E-state index >= 15 is 4.39 Å². The van der Waals surface area contributed by atoms with Crippen LogP contribution in [0.15, 0.2) is 67.0 Å². The Hall–Kier alpha value is -4.07. The van der Waals surface area contributed by atoms with E-state index in [1.54, 1.807) is 13.1 Å². The van der Waals surface area contributed by atoms with Crippen LogP contribution in [-0.4, -0.2) is 9.78 Å². The molecule has 4 heterocycles. The third-order valence-corrected chi connectivity index (χ3v) is 12.4. The molecule has 50 heavy (non-hydrogen) atoms. The Balaban J connectivity index is 1.39. The van der Waals surface area contributed by atoms with E-state index in [1.807, 2.05) is 29.0 Å². The monoisotopic (exact) mass is 684 g/mol. The summed E-state index contributed by atoms with van der Waals surface area (Å²) >= 11 is 0. The second-order valence-corrected chi connectivity index (χ2v) is 15.2. The minimum absolute atomic E-state index is 0.155. The third kappa shape index (κ3) is 4.80. The van der Waals surface area contributed by atoms with Gasteiger partial charge in [0.15, 0.2) is 23.6 Å². The van der Waals surface area contributed by atoms with Crippen LogP contribution in [0.25, 0.3) is 33.4 Å². The number of pyridine rings is 2. The summed E-state index contributed by atoms with van der Waals surface area (Å²) in [6, 6.07) is 17.3. The van der Waals surface area contributed by atoms with E-state index in [-0.39, 0.29) is 16.8 Å². The molecule has 2 atom stereocenters. The van der Waals surface area contributed by atoms with E-state index in [2.05, 4.69) is 81.7 Å². The standard InChI is InChI=1S/C42H48F4N4/c1-8-11-15-27-17-18-29-35-28(27)21-25-50-38(35)36-30(19-20-31(43)37(36)39(29,4)5)40(6,9-2)41(50,10-3)22-14-24-49-23-13-12-16-32(49)33-26-34(42(44,45)46)47-48(33)7/h12-13,16-21,23,25-26H,8-11,14-15,22,24H2,1-7H3/q+2. The molecule has 0 bridgehead atoms. The van der Waals surface area contributed by atoms with E-state index in [0.29, 0.717) is 17.9 Å². The molecule has 0 saturated heterocycles. The van der Waals surface area contributed by atoms with Crippen LogP contribution in [0.5, 0.6) is 0 Å². The molecule has 0 fully saturated rings. The number of aryl methyl sites for hydroxylation is 3. The van der Waals surface area contributed by atoms with Crippen molar-refractivity contribution in [2.24, 2.45) is 7.05 Å². The van der Waals surface area contributed by atoms with E-state index < -0.39 is 17.3 Å². The fraction of sp³-hybridized carbons (Fsp3) is 0.452. The highest BCUT2D eigenvalue weighted by atomic mass is 19.4. The van der Waals surface area contributed by atoms with Gasteiger partial charge in [-0.3, -0.25) is 4.68 Å². The molecule has 1 aliphatic carbocycles. The quantitative estimate of drug-likeness (QED) is 0.106. The summed E-state index contributed by atoms with van der Waals surface area (Å²) in [5.74, 6) is -0.155. The Morgan fingerprint density at radius 1 is 0.880 bits per heavy atom. The summed E-state index contributed by atoms with van der Waals surface area (Å²) in [7, 11) is 1.56. The van der Waals surface area contributed by atoms with Gasteiger partial charge in [0.2, 0.25) is 11.4 Å². The summed E-state index contributed by atoms with van der Waals surface area (Å²) in [6.07, 6.45) is 6.29. The minimum Gasteiger partial charge on any atom is -0.261 e. The molecule has 4 nitrogen and oxygen atoms in total. The third-order valence-electron chi connectivity index (χ3n) is 12.4. The number of halogens is 4. The summed E-state index contributed by atoms with van der Waals surface area (Å²) in [4.78, 5) is 0. The average molecular weight is 685 g/mol. The Morgan fingerprint density at radius 3 is 2.32 bits per heavy atom. The van der Waals surface area contributed by atoms with Crippen LogP contribution in [0.3, 0.4) is 0 Å². The van der Waals surface area contributed by atoms with Gasteiger partial charge in [-0.05, 0) is 60.4 Å². The van der Waals surface area contributed by atoms with Gasteiger partial charge in [0.1, 0.15) is 18.1 Å². The molecular weight excluding hydrogens is 636 g/mol. The zero-order valence-corrected chi connectivity index (χ0v) is 30.3. The van der Waals surface area contributed by atoms with Crippen LogP contribution in [0.4, 0.5) is 17.6 Å². The topological polar surface area (TPSA) is 25.6 Å². The fourth-order valence-corrected chi connectivity index (χ4v) is 9.65. The van der Waals surface area contributed by atoms with Crippen LogP contribution in [-0.2, 0) is 42.6 Å². The van der Waals surface area contributed by atoms with Crippen LogP contribution >= 0.6 is 0 Å². The zero-order valence-electron chi connectivity index (χ0n) is 30.3. The molecule has 3 aromatic heterocycles. The molecule has 0 saturated carbocycles. The molecule has 0 N–H and O–H groups in total. The Kier molecular flexibility index (Phi) is 8.27. The SMILES string of the molecule is CCCCc1ccc2c3c4[n+](ccc13)C(CC)(CCC[n+]1ccccc1-c1cc(C(F)(F)F)nn1C)C(C)(CC)c1ccc(F)c(c1-4)C2(C)C. The lowest BCUT2D eigenvalue weighted by atomic mass is 9.55. The summed E-state index contributed by atoms with van der Waals surface area (Å²) in [6.45, 7) is 14.1. The summed E-state index contributed by atoms with van der Waals surface area (Å²) < 4.78 is 62.9. The highest BCUT2D eigenvalue weighted by molar-refractivity contribution is 6.02. The number of hydrogen-bond donors (Lipinski definition) is 0. The predicted molar refractivity (Wildman–Crippen MR) is 189 cm³/mol. The molecule has 5 aromatic rings. The summed E-state index contributed by atoms with van der Waals surface area (Å²) in [5, 5.41) is 6.29. The van der Waals surface area contributed by atoms with Gasteiger partial charge in [-0.2, -0.15) is 27.4 Å². The normalized spacial score (nSPS) is 20.5. The highest BCUT2D eigenvalue weighted by Gasteiger charge is 2.61. The Bertz CT molecular complexity index is 2130. The van der Waals surface area contributed by atoms with Gasteiger partial charge in [0.05, 0.1) is 16.4 Å². The van der Waals surface area contributed by atoms with Crippen molar-refractivity contribution in [3.8, 4) is 22.6 Å². The lowest BCUT2D eigenvalue weighted by molar-refractivity contribution is -0.771. The van der Waals surface area contributed by atoms with Crippen molar-refractivity contribution in [3.05, 3.63) is 101 Å². The first-order valence-corrected chi connectivity index (χ1v) is 18.2. The maximum Gasteiger partial charge on any atom is 0.435 e. The van der Waals surface area contributed by atoms with E-state index in [0.717, 1.165) is 67.8 Å². The Morgan fingerprint density at radius 2 is 1.64 bits per heavy atom. The van der Waals surface area contributed by atoms with Crippen LogP contribution in [0.2, 0.25) is 0 Å². The van der Waals surface area contributed by atoms with Gasteiger partial charge in [0.25, 0.3) is 0 Å². The van der Waals surface area contributed by atoms with E-state index in [1.165, 1.54) is 32.1 Å². The van der Waals surface area contributed by atoms with E-state index in [9.17, 15) is 13.2 Å². The average Bonchev–Trinajstić information content (AvgIpc) is 3.49. The number of nitrogens with zero attached hydrogens (tertiary/aromatic N) is 4. The van der Waals surface area contributed by atoms with Gasteiger partial charge < -0.3 is 0 Å². The second kappa shape index (κ2) is 12.0. The van der Waals surface area contributed by atoms with Crippen molar-refractivity contribution >= 4 is 10.8 Å². The van der Waals surface area contributed by atoms with Gasteiger partial charge in [-0.25, -0.2) is 4.39 Å². The lowest BCUT2D eigenvalue weighted by Gasteiger charge is -2.50. The van der Waals surface area contributed by atoms with Crippen molar-refractivity contribution in [2.75, 3.05) is 0 Å².